The molecule has 0 bridgehead atoms. The number of aromatic nitrogens is 2. The van der Waals surface area contributed by atoms with Crippen molar-refractivity contribution in [2.24, 2.45) is 0 Å². The van der Waals surface area contributed by atoms with Gasteiger partial charge >= 0.3 is 6.03 Å². The topological polar surface area (TPSA) is 70.0 Å². The van der Waals surface area contributed by atoms with Crippen molar-refractivity contribution >= 4 is 17.4 Å². The van der Waals surface area contributed by atoms with Gasteiger partial charge in [0.25, 0.3) is 5.56 Å². The van der Waals surface area contributed by atoms with Gasteiger partial charge in [-0.2, -0.15) is 0 Å². The Morgan fingerprint density at radius 3 is 2.71 bits per heavy atom. The minimum atomic E-state index is -0.319. The summed E-state index contributed by atoms with van der Waals surface area (Å²) < 4.78 is 14.7. The highest BCUT2D eigenvalue weighted by Crippen LogP contribution is 2.11. The largest absolute Gasteiger partial charge is 0.322 e. The number of benzene rings is 1. The third-order valence-electron chi connectivity index (χ3n) is 4.81. The van der Waals surface area contributed by atoms with E-state index in [-0.39, 0.29) is 23.1 Å². The van der Waals surface area contributed by atoms with Crippen LogP contribution in [0.3, 0.4) is 0 Å². The third-order valence-corrected chi connectivity index (χ3v) is 4.81. The van der Waals surface area contributed by atoms with Crippen LogP contribution in [0.15, 0.2) is 59.7 Å². The standard InChI is InChI=1S/C20H20FN5O2/c21-16-5-3-4-15(12-16)14-24-8-10-25(11-9-24)20(28)23-17-13-22-18-6-1-2-7-26(18)19(17)27/h1-7,12-13H,8-11,14H2,(H,23,28). The zero-order chi connectivity index (χ0) is 19.5. The number of fused-ring (bicyclic) bond motifs is 1. The number of nitrogens with one attached hydrogen (secondary N) is 1. The second-order valence-corrected chi connectivity index (χ2v) is 6.73. The molecule has 4 rings (SSSR count). The summed E-state index contributed by atoms with van der Waals surface area (Å²) in [7, 11) is 0. The van der Waals surface area contributed by atoms with Crippen molar-refractivity contribution in [1.82, 2.24) is 19.2 Å². The van der Waals surface area contributed by atoms with Crippen molar-refractivity contribution in [3.05, 3.63) is 76.6 Å². The van der Waals surface area contributed by atoms with Crippen LogP contribution >= 0.6 is 0 Å². The van der Waals surface area contributed by atoms with E-state index < -0.39 is 0 Å². The number of piperazine rings is 1. The molecule has 8 heteroatoms. The van der Waals surface area contributed by atoms with Crippen LogP contribution in [0, 0.1) is 5.82 Å². The number of amides is 2. The minimum absolute atomic E-state index is 0.149. The highest BCUT2D eigenvalue weighted by atomic mass is 19.1. The molecule has 144 valence electrons. The number of urea groups is 1. The van der Waals surface area contributed by atoms with E-state index >= 15 is 0 Å². The van der Waals surface area contributed by atoms with Crippen molar-refractivity contribution < 1.29 is 9.18 Å². The predicted octanol–water partition coefficient (Wildman–Crippen LogP) is 2.18. The average molecular weight is 381 g/mol. The Labute approximate surface area is 161 Å². The zero-order valence-electron chi connectivity index (χ0n) is 15.2. The second-order valence-electron chi connectivity index (χ2n) is 6.73. The number of carbonyl (C=O) groups is 1. The molecule has 28 heavy (non-hydrogen) atoms. The smallest absolute Gasteiger partial charge is 0.322 e. The van der Waals surface area contributed by atoms with Crippen LogP contribution < -0.4 is 10.9 Å². The average Bonchev–Trinajstić information content (AvgIpc) is 2.71. The van der Waals surface area contributed by atoms with E-state index in [1.165, 1.54) is 22.7 Å². The van der Waals surface area contributed by atoms with Gasteiger partial charge in [-0.25, -0.2) is 14.2 Å². The molecule has 1 fully saturated rings. The maximum Gasteiger partial charge on any atom is 0.322 e. The van der Waals surface area contributed by atoms with E-state index in [1.54, 1.807) is 35.4 Å². The van der Waals surface area contributed by atoms with Gasteiger partial charge in [-0.05, 0) is 29.8 Å². The molecule has 0 spiro atoms. The molecular weight excluding hydrogens is 361 g/mol. The van der Waals surface area contributed by atoms with Crippen LogP contribution in [0.2, 0.25) is 0 Å². The molecule has 3 aromatic rings. The van der Waals surface area contributed by atoms with Crippen molar-refractivity contribution in [2.75, 3.05) is 31.5 Å². The first-order valence-corrected chi connectivity index (χ1v) is 9.09. The lowest BCUT2D eigenvalue weighted by Crippen LogP contribution is -2.50. The lowest BCUT2D eigenvalue weighted by Gasteiger charge is -2.34. The van der Waals surface area contributed by atoms with Crippen LogP contribution in [0.4, 0.5) is 14.9 Å². The summed E-state index contributed by atoms with van der Waals surface area (Å²) in [5, 5.41) is 2.67. The Morgan fingerprint density at radius 2 is 1.93 bits per heavy atom. The summed E-state index contributed by atoms with van der Waals surface area (Å²) >= 11 is 0. The molecule has 0 atom stereocenters. The van der Waals surface area contributed by atoms with E-state index in [9.17, 15) is 14.0 Å². The normalized spacial score (nSPS) is 15.0. The molecular formula is C20H20FN5O2. The lowest BCUT2D eigenvalue weighted by atomic mass is 10.2. The summed E-state index contributed by atoms with van der Waals surface area (Å²) in [6, 6.07) is 11.5. The fraction of sp³-hybridized carbons (Fsp3) is 0.250. The fourth-order valence-electron chi connectivity index (χ4n) is 3.31. The van der Waals surface area contributed by atoms with Gasteiger partial charge in [0.1, 0.15) is 17.2 Å². The van der Waals surface area contributed by atoms with Crippen molar-refractivity contribution in [3.63, 3.8) is 0 Å². The number of nitrogens with zero attached hydrogens (tertiary/aromatic N) is 4. The number of pyridine rings is 1. The van der Waals surface area contributed by atoms with Crippen LogP contribution in [0.25, 0.3) is 5.65 Å². The highest BCUT2D eigenvalue weighted by molar-refractivity contribution is 5.89. The van der Waals surface area contributed by atoms with Crippen molar-refractivity contribution in [1.29, 1.82) is 0 Å². The molecule has 1 aliphatic rings. The minimum Gasteiger partial charge on any atom is -0.322 e. The number of hydrogen-bond acceptors (Lipinski definition) is 4. The van der Waals surface area contributed by atoms with Gasteiger partial charge in [0.15, 0.2) is 0 Å². The molecule has 1 aliphatic heterocycles. The van der Waals surface area contributed by atoms with Gasteiger partial charge in [-0.3, -0.25) is 14.1 Å². The van der Waals surface area contributed by atoms with Gasteiger partial charge in [0.05, 0.1) is 6.20 Å². The van der Waals surface area contributed by atoms with Crippen molar-refractivity contribution in [3.8, 4) is 0 Å². The summed E-state index contributed by atoms with van der Waals surface area (Å²) in [5.74, 6) is -0.245. The molecule has 0 unspecified atom stereocenters. The van der Waals surface area contributed by atoms with Gasteiger partial charge in [0, 0.05) is 38.9 Å². The molecule has 1 N–H and O–H groups in total. The Bertz CT molecular complexity index is 1060. The highest BCUT2D eigenvalue weighted by Gasteiger charge is 2.22. The summed E-state index contributed by atoms with van der Waals surface area (Å²) in [5.41, 5.74) is 1.27. The molecule has 7 nitrogen and oxygen atoms in total. The fourth-order valence-corrected chi connectivity index (χ4v) is 3.31. The van der Waals surface area contributed by atoms with Gasteiger partial charge < -0.3 is 10.2 Å². The van der Waals surface area contributed by atoms with Crippen molar-refractivity contribution in [2.45, 2.75) is 6.54 Å². The molecule has 2 aromatic heterocycles. The maximum absolute atomic E-state index is 13.3. The van der Waals surface area contributed by atoms with Crippen LogP contribution in [0.1, 0.15) is 5.56 Å². The third kappa shape index (κ3) is 3.86. The molecule has 1 aromatic carbocycles. The number of hydrogen-bond donors (Lipinski definition) is 1. The maximum atomic E-state index is 13.3. The van der Waals surface area contributed by atoms with E-state index in [4.69, 9.17) is 0 Å². The van der Waals surface area contributed by atoms with E-state index in [0.29, 0.717) is 38.4 Å². The summed E-state index contributed by atoms with van der Waals surface area (Å²) in [6.07, 6.45) is 3.00. The quantitative estimate of drug-likeness (QED) is 0.755. The molecule has 1 saturated heterocycles. The lowest BCUT2D eigenvalue weighted by molar-refractivity contribution is 0.143. The van der Waals surface area contributed by atoms with Gasteiger partial charge in [-0.15, -0.1) is 0 Å². The Hall–Kier alpha value is -3.26. The SMILES string of the molecule is O=C(Nc1cnc2ccccn2c1=O)N1CCN(Cc2cccc(F)c2)CC1. The first kappa shape index (κ1) is 18.1. The monoisotopic (exact) mass is 381 g/mol. The molecule has 2 amide bonds. The van der Waals surface area contributed by atoms with Crippen LogP contribution in [-0.4, -0.2) is 51.4 Å². The van der Waals surface area contributed by atoms with Crippen LogP contribution in [0.5, 0.6) is 0 Å². The number of carbonyl (C=O) groups excluding carboxylic acids is 1. The second kappa shape index (κ2) is 7.77. The Kier molecular flexibility index (Phi) is 5.03. The molecule has 0 radical (unpaired) electrons. The zero-order valence-corrected chi connectivity index (χ0v) is 15.2. The van der Waals surface area contributed by atoms with Gasteiger partial charge in [0.2, 0.25) is 0 Å². The van der Waals surface area contributed by atoms with Crippen LogP contribution in [-0.2, 0) is 6.54 Å². The Morgan fingerprint density at radius 1 is 1.11 bits per heavy atom. The number of anilines is 1. The number of halogens is 1. The molecule has 3 heterocycles. The Balaban J connectivity index is 1.37. The number of rotatable bonds is 3. The van der Waals surface area contributed by atoms with E-state index in [1.807, 2.05) is 6.07 Å². The molecule has 0 saturated carbocycles. The first-order chi connectivity index (χ1) is 13.6. The first-order valence-electron chi connectivity index (χ1n) is 9.09. The molecule has 0 aliphatic carbocycles. The predicted molar refractivity (Wildman–Crippen MR) is 104 cm³/mol. The van der Waals surface area contributed by atoms with E-state index in [2.05, 4.69) is 15.2 Å². The van der Waals surface area contributed by atoms with E-state index in [0.717, 1.165) is 5.56 Å². The van der Waals surface area contributed by atoms with Gasteiger partial charge in [-0.1, -0.05) is 18.2 Å². The summed E-state index contributed by atoms with van der Waals surface area (Å²) in [6.45, 7) is 3.06. The summed E-state index contributed by atoms with van der Waals surface area (Å²) in [4.78, 5) is 33.1.